The number of hydrogen-bond donors (Lipinski definition) is 1. The molecule has 0 aliphatic heterocycles. The summed E-state index contributed by atoms with van der Waals surface area (Å²) in [6.07, 6.45) is 3.09. The summed E-state index contributed by atoms with van der Waals surface area (Å²) in [7, 11) is 0. The van der Waals surface area contributed by atoms with Crippen LogP contribution in [0, 0.1) is 0 Å². The predicted octanol–water partition coefficient (Wildman–Crippen LogP) is 1.71. The summed E-state index contributed by atoms with van der Waals surface area (Å²) in [4.78, 5) is 4.09. The first-order valence-corrected chi connectivity index (χ1v) is 5.69. The maximum atomic E-state index is 5.84. The second kappa shape index (κ2) is 4.54. The maximum absolute atomic E-state index is 5.84. The Hall–Kier alpha value is -2.27. The topological polar surface area (TPSA) is 77.8 Å². The highest BCUT2D eigenvalue weighted by molar-refractivity contribution is 5.73. The number of rotatable bonds is 3. The Labute approximate surface area is 104 Å². The van der Waals surface area contributed by atoms with Crippen molar-refractivity contribution in [2.45, 2.75) is 5.92 Å². The van der Waals surface area contributed by atoms with Crippen LogP contribution in [0.3, 0.4) is 0 Å². The molecule has 90 valence electrons. The minimum Gasteiger partial charge on any atom is -0.443 e. The van der Waals surface area contributed by atoms with Gasteiger partial charge >= 0.3 is 0 Å². The van der Waals surface area contributed by atoms with Crippen LogP contribution in [0.5, 0.6) is 0 Å². The van der Waals surface area contributed by atoms with Crippen LogP contribution < -0.4 is 5.73 Å². The average molecular weight is 240 g/mol. The van der Waals surface area contributed by atoms with Crippen LogP contribution in [0.2, 0.25) is 0 Å². The molecule has 5 heteroatoms. The van der Waals surface area contributed by atoms with Crippen molar-refractivity contribution >= 4 is 11.1 Å². The molecule has 2 N–H and O–H groups in total. The van der Waals surface area contributed by atoms with Gasteiger partial charge in [-0.25, -0.2) is 4.98 Å². The third-order valence-electron chi connectivity index (χ3n) is 2.94. The van der Waals surface area contributed by atoms with Crippen molar-refractivity contribution in [3.05, 3.63) is 54.2 Å². The van der Waals surface area contributed by atoms with E-state index < -0.39 is 0 Å². The van der Waals surface area contributed by atoms with Crippen LogP contribution in [0.25, 0.3) is 11.1 Å². The lowest BCUT2D eigenvalue weighted by molar-refractivity contribution is 0.601. The summed E-state index contributed by atoms with van der Waals surface area (Å²) < 4.78 is 5.30. The van der Waals surface area contributed by atoms with Crippen LogP contribution in [0.1, 0.15) is 17.2 Å². The van der Waals surface area contributed by atoms with Crippen molar-refractivity contribution < 1.29 is 4.42 Å². The van der Waals surface area contributed by atoms with Gasteiger partial charge in [0.15, 0.2) is 12.0 Å². The summed E-state index contributed by atoms with van der Waals surface area (Å²) in [6, 6.07) is 9.66. The highest BCUT2D eigenvalue weighted by atomic mass is 16.3. The summed E-state index contributed by atoms with van der Waals surface area (Å²) in [5.41, 5.74) is 9.36. The zero-order valence-electron chi connectivity index (χ0n) is 9.65. The van der Waals surface area contributed by atoms with E-state index in [0.717, 1.165) is 22.4 Å². The maximum Gasteiger partial charge on any atom is 0.181 e. The van der Waals surface area contributed by atoms with E-state index in [0.29, 0.717) is 6.54 Å². The fraction of sp³-hybridized carbons (Fsp3) is 0.154. The molecule has 1 aromatic carbocycles. The Morgan fingerprint density at radius 2 is 2.22 bits per heavy atom. The van der Waals surface area contributed by atoms with Crippen molar-refractivity contribution in [3.63, 3.8) is 0 Å². The summed E-state index contributed by atoms with van der Waals surface area (Å²) in [5, 5.41) is 8.01. The van der Waals surface area contributed by atoms with Crippen LogP contribution in [-0.2, 0) is 0 Å². The summed E-state index contributed by atoms with van der Waals surface area (Å²) in [5.74, 6) is 0.0215. The van der Waals surface area contributed by atoms with Gasteiger partial charge in [0.2, 0.25) is 0 Å². The van der Waals surface area contributed by atoms with E-state index >= 15 is 0 Å². The van der Waals surface area contributed by atoms with Crippen molar-refractivity contribution in [2.75, 3.05) is 6.54 Å². The predicted molar refractivity (Wildman–Crippen MR) is 66.9 cm³/mol. The molecule has 2 heterocycles. The average Bonchev–Trinajstić information content (AvgIpc) is 2.88. The lowest BCUT2D eigenvalue weighted by Crippen LogP contribution is -2.15. The van der Waals surface area contributed by atoms with Gasteiger partial charge in [0, 0.05) is 18.7 Å². The molecule has 18 heavy (non-hydrogen) atoms. The standard InChI is InChI=1S/C13H12N4O/c14-7-10(11-2-1-5-16-17-11)9-3-4-12-13(6-9)18-8-15-12/h1-6,8,10H,7,14H2. The SMILES string of the molecule is NCC(c1ccc2ncoc2c1)c1cccnn1. The highest BCUT2D eigenvalue weighted by Gasteiger charge is 2.15. The number of nitrogens with two attached hydrogens (primary N) is 1. The second-order valence-electron chi connectivity index (χ2n) is 4.02. The van der Waals surface area contributed by atoms with Crippen LogP contribution in [-0.4, -0.2) is 21.7 Å². The Balaban J connectivity index is 2.05. The van der Waals surface area contributed by atoms with E-state index in [9.17, 15) is 0 Å². The van der Waals surface area contributed by atoms with Gasteiger partial charge in [-0.15, -0.1) is 0 Å². The number of aromatic nitrogens is 3. The Morgan fingerprint density at radius 1 is 1.28 bits per heavy atom. The molecule has 0 aliphatic rings. The summed E-state index contributed by atoms with van der Waals surface area (Å²) >= 11 is 0. The Bertz CT molecular complexity index is 650. The first kappa shape index (κ1) is 10.9. The van der Waals surface area contributed by atoms with E-state index in [1.165, 1.54) is 6.39 Å². The zero-order chi connectivity index (χ0) is 12.4. The van der Waals surface area contributed by atoms with Gasteiger partial charge in [0.05, 0.1) is 5.69 Å². The molecule has 3 rings (SSSR count). The van der Waals surface area contributed by atoms with Gasteiger partial charge in [-0.3, -0.25) is 0 Å². The molecule has 0 spiro atoms. The van der Waals surface area contributed by atoms with E-state index in [1.807, 2.05) is 30.3 Å². The number of fused-ring (bicyclic) bond motifs is 1. The molecule has 5 nitrogen and oxygen atoms in total. The zero-order valence-corrected chi connectivity index (χ0v) is 9.65. The molecule has 0 amide bonds. The quantitative estimate of drug-likeness (QED) is 0.754. The van der Waals surface area contributed by atoms with E-state index in [-0.39, 0.29) is 5.92 Å². The molecule has 1 unspecified atom stereocenters. The third kappa shape index (κ3) is 1.84. The van der Waals surface area contributed by atoms with Crippen LogP contribution in [0.15, 0.2) is 47.3 Å². The number of benzene rings is 1. The van der Waals surface area contributed by atoms with Crippen LogP contribution in [0.4, 0.5) is 0 Å². The molecule has 0 saturated heterocycles. The van der Waals surface area contributed by atoms with Crippen molar-refractivity contribution in [2.24, 2.45) is 5.73 Å². The molecular formula is C13H12N4O. The molecule has 0 radical (unpaired) electrons. The van der Waals surface area contributed by atoms with Crippen molar-refractivity contribution in [3.8, 4) is 0 Å². The lowest BCUT2D eigenvalue weighted by Gasteiger charge is -2.13. The van der Waals surface area contributed by atoms with Crippen molar-refractivity contribution in [1.82, 2.24) is 15.2 Å². The van der Waals surface area contributed by atoms with Gasteiger partial charge in [-0.05, 0) is 29.8 Å². The summed E-state index contributed by atoms with van der Waals surface area (Å²) in [6.45, 7) is 0.471. The smallest absolute Gasteiger partial charge is 0.181 e. The van der Waals surface area contributed by atoms with E-state index in [2.05, 4.69) is 15.2 Å². The normalized spacial score (nSPS) is 12.7. The van der Waals surface area contributed by atoms with E-state index in [1.54, 1.807) is 6.20 Å². The van der Waals surface area contributed by atoms with E-state index in [4.69, 9.17) is 10.2 Å². The van der Waals surface area contributed by atoms with Gasteiger partial charge in [-0.1, -0.05) is 6.07 Å². The first-order valence-electron chi connectivity index (χ1n) is 5.69. The molecular weight excluding hydrogens is 228 g/mol. The largest absolute Gasteiger partial charge is 0.443 e. The van der Waals surface area contributed by atoms with Gasteiger partial charge in [-0.2, -0.15) is 10.2 Å². The fourth-order valence-electron chi connectivity index (χ4n) is 2.02. The molecule has 0 fully saturated rings. The first-order chi connectivity index (χ1) is 8.88. The fourth-order valence-corrected chi connectivity index (χ4v) is 2.02. The Kier molecular flexibility index (Phi) is 2.74. The molecule has 1 atom stereocenters. The number of nitrogens with zero attached hydrogens (tertiary/aromatic N) is 3. The molecule has 2 aromatic heterocycles. The molecule has 0 aliphatic carbocycles. The molecule has 3 aromatic rings. The number of hydrogen-bond acceptors (Lipinski definition) is 5. The van der Waals surface area contributed by atoms with Gasteiger partial charge in [0.1, 0.15) is 5.52 Å². The highest BCUT2D eigenvalue weighted by Crippen LogP contribution is 2.24. The molecule has 0 saturated carbocycles. The number of oxazole rings is 1. The minimum absolute atomic E-state index is 0.0215. The minimum atomic E-state index is 0.0215. The van der Waals surface area contributed by atoms with Crippen LogP contribution >= 0.6 is 0 Å². The second-order valence-corrected chi connectivity index (χ2v) is 4.02. The van der Waals surface area contributed by atoms with Crippen molar-refractivity contribution in [1.29, 1.82) is 0 Å². The van der Waals surface area contributed by atoms with Gasteiger partial charge < -0.3 is 10.2 Å². The molecule has 0 bridgehead atoms. The lowest BCUT2D eigenvalue weighted by atomic mass is 9.95. The Morgan fingerprint density at radius 3 is 3.00 bits per heavy atom. The van der Waals surface area contributed by atoms with Gasteiger partial charge in [0.25, 0.3) is 0 Å². The monoisotopic (exact) mass is 240 g/mol. The third-order valence-corrected chi connectivity index (χ3v) is 2.94.